The summed E-state index contributed by atoms with van der Waals surface area (Å²) in [6, 6.07) is 15.7. The van der Waals surface area contributed by atoms with Gasteiger partial charge in [-0.25, -0.2) is 0 Å². The van der Waals surface area contributed by atoms with Gasteiger partial charge in [-0.2, -0.15) is 0 Å². The zero-order valence-electron chi connectivity index (χ0n) is 33.8. The molecule has 0 spiro atoms. The number of hydrogen-bond acceptors (Lipinski definition) is 7. The van der Waals surface area contributed by atoms with Crippen LogP contribution in [0.25, 0.3) is 0 Å². The highest BCUT2D eigenvalue weighted by Crippen LogP contribution is 2.61. The zero-order chi connectivity index (χ0) is 38.6. The molecule has 2 aromatic rings. The maximum absolute atomic E-state index is 12.0. The van der Waals surface area contributed by atoms with Crippen LogP contribution >= 0.6 is 0 Å². The molecule has 2 N–H and O–H groups in total. The van der Waals surface area contributed by atoms with Crippen molar-refractivity contribution >= 4 is 11.9 Å². The minimum Gasteiger partial charge on any atom is -0.489 e. The number of nitrogens with one attached hydrogen (secondary N) is 1. The minimum atomic E-state index is -0.881. The summed E-state index contributed by atoms with van der Waals surface area (Å²) >= 11 is 0. The van der Waals surface area contributed by atoms with Crippen LogP contribution < -0.4 is 10.1 Å². The SMILES string of the molecule is CN(CCCCCC(=O)NCCOCCC(=O)O)Cc1ccc(COc2ccc3c(c2)CCC2C3CC[C@@]3(C)C2CC[C@@H]3OCCCOC(C)(C)C)cc1. The minimum absolute atomic E-state index is 0.0179. The molecule has 9 nitrogen and oxygen atoms in total. The number of benzene rings is 2. The van der Waals surface area contributed by atoms with E-state index in [0.29, 0.717) is 43.6 Å². The van der Waals surface area contributed by atoms with Gasteiger partial charge in [-0.05, 0) is 150 Å². The van der Waals surface area contributed by atoms with Crippen molar-refractivity contribution in [2.45, 2.75) is 136 Å². The van der Waals surface area contributed by atoms with Crippen LogP contribution in [0.5, 0.6) is 5.75 Å². The number of amides is 1. The lowest BCUT2D eigenvalue weighted by atomic mass is 9.55. The van der Waals surface area contributed by atoms with Crippen LogP contribution in [-0.2, 0) is 43.4 Å². The first-order valence-corrected chi connectivity index (χ1v) is 20.7. The molecule has 3 aliphatic carbocycles. The molecule has 3 aliphatic rings. The molecular weight excluding hydrogens is 681 g/mol. The third-order valence-corrected chi connectivity index (χ3v) is 12.1. The first-order chi connectivity index (χ1) is 25.9. The Kier molecular flexibility index (Phi) is 15.8. The Morgan fingerprint density at radius 3 is 2.48 bits per heavy atom. The third-order valence-electron chi connectivity index (χ3n) is 12.1. The molecule has 1 amide bonds. The van der Waals surface area contributed by atoms with Gasteiger partial charge in [-0.1, -0.05) is 43.7 Å². The zero-order valence-corrected chi connectivity index (χ0v) is 33.8. The number of hydrogen-bond donors (Lipinski definition) is 2. The van der Waals surface area contributed by atoms with Gasteiger partial charge in [-0.15, -0.1) is 0 Å². The van der Waals surface area contributed by atoms with E-state index in [2.05, 4.69) is 87.4 Å². The van der Waals surface area contributed by atoms with Gasteiger partial charge in [-0.3, -0.25) is 9.59 Å². The second kappa shape index (κ2) is 20.3. The number of unbranched alkanes of at least 4 members (excludes halogenated alkanes) is 2. The normalized spacial score (nSPS) is 23.4. The van der Waals surface area contributed by atoms with E-state index < -0.39 is 5.97 Å². The number of ether oxygens (including phenoxy) is 4. The first-order valence-electron chi connectivity index (χ1n) is 20.7. The Balaban J connectivity index is 0.979. The summed E-state index contributed by atoms with van der Waals surface area (Å²) in [6.07, 6.45) is 12.1. The second-order valence-corrected chi connectivity index (χ2v) is 17.3. The topological polar surface area (TPSA) is 107 Å². The van der Waals surface area contributed by atoms with Crippen molar-refractivity contribution in [1.82, 2.24) is 10.2 Å². The van der Waals surface area contributed by atoms with Crippen LogP contribution in [0.15, 0.2) is 42.5 Å². The number of carbonyl (C=O) groups is 2. The smallest absolute Gasteiger partial charge is 0.305 e. The summed E-state index contributed by atoms with van der Waals surface area (Å²) in [6.45, 7) is 13.8. The van der Waals surface area contributed by atoms with Gasteiger partial charge in [0.05, 0.1) is 31.3 Å². The number of carboxylic acids is 1. The average Bonchev–Trinajstić information content (AvgIpc) is 3.47. The summed E-state index contributed by atoms with van der Waals surface area (Å²) < 4.78 is 24.0. The molecule has 0 heterocycles. The first kappa shape index (κ1) is 42.2. The number of aryl methyl sites for hydroxylation is 1. The molecule has 2 aromatic carbocycles. The fourth-order valence-electron chi connectivity index (χ4n) is 9.29. The largest absolute Gasteiger partial charge is 0.489 e. The molecule has 2 fully saturated rings. The number of nitrogens with zero attached hydrogens (tertiary/aromatic N) is 1. The van der Waals surface area contributed by atoms with Crippen molar-refractivity contribution in [3.05, 3.63) is 64.7 Å². The highest BCUT2D eigenvalue weighted by Gasteiger charge is 2.55. The van der Waals surface area contributed by atoms with Gasteiger partial charge in [0.2, 0.25) is 5.91 Å². The van der Waals surface area contributed by atoms with E-state index in [1.165, 1.54) is 48.8 Å². The maximum atomic E-state index is 12.0. The summed E-state index contributed by atoms with van der Waals surface area (Å²) in [5.41, 5.74) is 5.72. The van der Waals surface area contributed by atoms with E-state index in [4.69, 9.17) is 24.1 Å². The van der Waals surface area contributed by atoms with Crippen molar-refractivity contribution in [2.24, 2.45) is 17.3 Å². The van der Waals surface area contributed by atoms with E-state index >= 15 is 0 Å². The molecule has 2 saturated carbocycles. The van der Waals surface area contributed by atoms with E-state index in [1.54, 1.807) is 5.56 Å². The quantitative estimate of drug-likeness (QED) is 0.116. The number of fused-ring (bicyclic) bond motifs is 5. The van der Waals surface area contributed by atoms with Crippen LogP contribution in [0, 0.1) is 17.3 Å². The summed E-state index contributed by atoms with van der Waals surface area (Å²) in [7, 11) is 2.14. The Hall–Kier alpha value is -2.98. The molecule has 3 unspecified atom stereocenters. The average molecular weight is 749 g/mol. The Morgan fingerprint density at radius 1 is 0.907 bits per heavy atom. The van der Waals surface area contributed by atoms with Gasteiger partial charge < -0.3 is 34.3 Å². The Morgan fingerprint density at radius 2 is 1.70 bits per heavy atom. The highest BCUT2D eigenvalue weighted by molar-refractivity contribution is 5.75. The molecule has 54 heavy (non-hydrogen) atoms. The van der Waals surface area contributed by atoms with Crippen LogP contribution in [-0.4, -0.2) is 80.2 Å². The molecule has 0 saturated heterocycles. The number of aliphatic carboxylic acids is 1. The van der Waals surface area contributed by atoms with Gasteiger partial charge in [0.25, 0.3) is 0 Å². The lowest BCUT2D eigenvalue weighted by Crippen LogP contribution is -2.44. The van der Waals surface area contributed by atoms with Gasteiger partial charge in [0.15, 0.2) is 0 Å². The molecule has 5 rings (SSSR count). The highest BCUT2D eigenvalue weighted by atomic mass is 16.5. The lowest BCUT2D eigenvalue weighted by Gasteiger charge is -2.50. The van der Waals surface area contributed by atoms with Crippen LogP contribution in [0.3, 0.4) is 0 Å². The maximum Gasteiger partial charge on any atom is 0.305 e. The van der Waals surface area contributed by atoms with Gasteiger partial charge in [0.1, 0.15) is 12.4 Å². The molecule has 0 bridgehead atoms. The van der Waals surface area contributed by atoms with Crippen molar-refractivity contribution in [1.29, 1.82) is 0 Å². The van der Waals surface area contributed by atoms with Crippen molar-refractivity contribution in [3.63, 3.8) is 0 Å². The van der Waals surface area contributed by atoms with Crippen LogP contribution in [0.4, 0.5) is 0 Å². The van der Waals surface area contributed by atoms with Crippen molar-refractivity contribution < 1.29 is 33.6 Å². The van der Waals surface area contributed by atoms with E-state index in [-0.39, 0.29) is 24.5 Å². The fraction of sp³-hybridized carbons (Fsp3) is 0.689. The predicted octanol–water partition coefficient (Wildman–Crippen LogP) is 8.31. The molecule has 0 aliphatic heterocycles. The standard InChI is InChI=1S/C45H68N2O7/c1-44(2,3)54-27-9-26-52-41-20-19-40-39-17-15-35-30-36(16-18-37(35)38(39)21-23-45(40,41)4)53-32-34-13-11-33(12-14-34)31-47(5)25-8-6-7-10-42(48)46-24-29-51-28-22-43(49)50/h11-14,16,18,30,38-41H,6-10,15,17,19-29,31-32H2,1-5H3,(H,46,48)(H,49,50)/t38?,39?,40?,41-,45-/m0/s1. The van der Waals surface area contributed by atoms with Crippen molar-refractivity contribution in [2.75, 3.05) is 46.6 Å². The van der Waals surface area contributed by atoms with Crippen LogP contribution in [0.1, 0.15) is 126 Å². The second-order valence-electron chi connectivity index (χ2n) is 17.3. The number of carbonyl (C=O) groups excluding carboxylic acids is 1. The molecule has 0 radical (unpaired) electrons. The van der Waals surface area contributed by atoms with E-state index in [9.17, 15) is 9.59 Å². The lowest BCUT2D eigenvalue weighted by molar-refractivity contribution is -0.138. The summed E-state index contributed by atoms with van der Waals surface area (Å²) in [5, 5.41) is 11.4. The van der Waals surface area contributed by atoms with Gasteiger partial charge >= 0.3 is 5.97 Å². The Labute approximate surface area is 324 Å². The summed E-state index contributed by atoms with van der Waals surface area (Å²) in [4.78, 5) is 24.8. The number of carboxylic acid groups (broad SMARTS) is 1. The Bertz CT molecular complexity index is 1470. The van der Waals surface area contributed by atoms with Crippen molar-refractivity contribution in [3.8, 4) is 5.75 Å². The van der Waals surface area contributed by atoms with Gasteiger partial charge in [0, 0.05) is 32.7 Å². The monoisotopic (exact) mass is 749 g/mol. The molecule has 0 aromatic heterocycles. The predicted molar refractivity (Wildman–Crippen MR) is 213 cm³/mol. The third kappa shape index (κ3) is 12.5. The van der Waals surface area contributed by atoms with E-state index in [0.717, 1.165) is 76.0 Å². The van der Waals surface area contributed by atoms with Crippen LogP contribution in [0.2, 0.25) is 0 Å². The molecule has 300 valence electrons. The van der Waals surface area contributed by atoms with E-state index in [1.807, 2.05) is 0 Å². The molecule has 5 atom stereocenters. The summed E-state index contributed by atoms with van der Waals surface area (Å²) in [5.74, 6) is 2.28. The molecular formula is C45H68N2O7. The fourth-order valence-corrected chi connectivity index (χ4v) is 9.29. The molecule has 9 heteroatoms. The number of rotatable bonds is 22.